The van der Waals surface area contributed by atoms with Crippen molar-refractivity contribution in [1.82, 2.24) is 9.88 Å². The number of nitrogens with one attached hydrogen (secondary N) is 1. The van der Waals surface area contributed by atoms with E-state index in [1.165, 1.54) is 36.4 Å². The molecule has 1 aliphatic heterocycles. The number of para-hydroxylation sites is 1. The molecule has 0 saturated carbocycles. The van der Waals surface area contributed by atoms with Gasteiger partial charge in [0.25, 0.3) is 11.8 Å². The number of hydrogen-bond donors (Lipinski definition) is 2. The van der Waals surface area contributed by atoms with Crippen LogP contribution in [-0.2, 0) is 9.59 Å². The molecule has 0 unspecified atom stereocenters. The highest BCUT2D eigenvalue weighted by Crippen LogP contribution is 2.28. The summed E-state index contributed by atoms with van der Waals surface area (Å²) in [5.41, 5.74) is 2.13. The van der Waals surface area contributed by atoms with Gasteiger partial charge in [-0.1, -0.05) is 23.7 Å². The number of amides is 2. The van der Waals surface area contributed by atoms with Gasteiger partial charge in [-0.15, -0.1) is 0 Å². The number of carbonyl (C=O) groups is 3. The maximum Gasteiger partial charge on any atom is 0.337 e. The molecule has 1 saturated heterocycles. The van der Waals surface area contributed by atoms with Gasteiger partial charge in [0.15, 0.2) is 5.11 Å². The molecule has 2 heterocycles. The number of carbonyl (C=O) groups excluding carboxylic acids is 2. The predicted octanol–water partition coefficient (Wildman–Crippen LogP) is 4.42. The Labute approximate surface area is 204 Å². The van der Waals surface area contributed by atoms with Crippen LogP contribution in [0.5, 0.6) is 0 Å². The highest BCUT2D eigenvalue weighted by atomic mass is 35.5. The minimum absolute atomic E-state index is 0.0533. The summed E-state index contributed by atoms with van der Waals surface area (Å²) >= 11 is 11.1. The lowest BCUT2D eigenvalue weighted by Crippen LogP contribution is -2.54. The van der Waals surface area contributed by atoms with Gasteiger partial charge in [0.1, 0.15) is 11.4 Å². The fourth-order valence-corrected chi connectivity index (χ4v) is 4.28. The molecule has 2 amide bonds. The molecule has 1 aromatic heterocycles. The van der Waals surface area contributed by atoms with Gasteiger partial charge in [-0.05, 0) is 74.1 Å². The van der Waals surface area contributed by atoms with Crippen LogP contribution in [0.2, 0.25) is 5.02 Å². The molecule has 0 aliphatic carbocycles. The molecular formula is C24H17ClFN3O4S. The number of anilines is 1. The van der Waals surface area contributed by atoms with Gasteiger partial charge in [-0.3, -0.25) is 14.9 Å². The second-order valence-electron chi connectivity index (χ2n) is 7.54. The molecule has 10 heteroatoms. The number of benzene rings is 2. The van der Waals surface area contributed by atoms with E-state index in [-0.39, 0.29) is 27.0 Å². The van der Waals surface area contributed by atoms with Gasteiger partial charge < -0.3 is 9.67 Å². The van der Waals surface area contributed by atoms with Crippen molar-refractivity contribution in [2.75, 3.05) is 4.90 Å². The van der Waals surface area contributed by atoms with Gasteiger partial charge in [0, 0.05) is 17.1 Å². The summed E-state index contributed by atoms with van der Waals surface area (Å²) in [6, 6.07) is 12.0. The summed E-state index contributed by atoms with van der Waals surface area (Å²) in [6.07, 6.45) is 1.40. The zero-order valence-electron chi connectivity index (χ0n) is 17.9. The maximum atomic E-state index is 14.4. The van der Waals surface area contributed by atoms with Crippen LogP contribution in [0.3, 0.4) is 0 Å². The first-order valence-corrected chi connectivity index (χ1v) is 10.8. The van der Waals surface area contributed by atoms with Crippen LogP contribution in [0.25, 0.3) is 11.8 Å². The van der Waals surface area contributed by atoms with E-state index in [1.54, 1.807) is 36.6 Å². The Balaban J connectivity index is 1.79. The molecule has 1 aliphatic rings. The van der Waals surface area contributed by atoms with Crippen molar-refractivity contribution >= 4 is 58.5 Å². The minimum atomic E-state index is -1.16. The number of carboxylic acids is 1. The van der Waals surface area contributed by atoms with Crippen molar-refractivity contribution in [3.63, 3.8) is 0 Å². The normalized spacial score (nSPS) is 15.1. The standard InChI is InChI=1S/C24H17ClFN3O4S/c1-12-9-14(13(2)28(12)15-7-8-18(25)16(11-15)23(32)33)10-17-21(30)27-24(34)29(22(17)31)20-6-4-3-5-19(20)26/h3-11H,1-2H3,(H,32,33)(H,27,30,34)/b17-10+. The third kappa shape index (κ3) is 4.00. The van der Waals surface area contributed by atoms with Crippen molar-refractivity contribution in [3.05, 3.63) is 87.5 Å². The van der Waals surface area contributed by atoms with Gasteiger partial charge in [0.2, 0.25) is 0 Å². The van der Waals surface area contributed by atoms with E-state index in [0.29, 0.717) is 16.9 Å². The number of aromatic nitrogens is 1. The van der Waals surface area contributed by atoms with Crippen LogP contribution in [-0.4, -0.2) is 32.6 Å². The van der Waals surface area contributed by atoms with Crippen LogP contribution >= 0.6 is 23.8 Å². The quantitative estimate of drug-likeness (QED) is 0.316. The zero-order chi connectivity index (χ0) is 24.7. The van der Waals surface area contributed by atoms with E-state index in [4.69, 9.17) is 23.8 Å². The molecule has 172 valence electrons. The fourth-order valence-electron chi connectivity index (χ4n) is 3.81. The smallest absolute Gasteiger partial charge is 0.337 e. The largest absolute Gasteiger partial charge is 0.478 e. The van der Waals surface area contributed by atoms with Crippen LogP contribution in [0.1, 0.15) is 27.3 Å². The topological polar surface area (TPSA) is 91.6 Å². The molecule has 0 bridgehead atoms. The number of nitrogens with zero attached hydrogens (tertiary/aromatic N) is 2. The summed E-state index contributed by atoms with van der Waals surface area (Å²) in [4.78, 5) is 38.2. The Bertz CT molecular complexity index is 1430. The molecule has 3 aromatic rings. The van der Waals surface area contributed by atoms with Crippen LogP contribution in [0.4, 0.5) is 10.1 Å². The maximum absolute atomic E-state index is 14.4. The van der Waals surface area contributed by atoms with Gasteiger partial charge >= 0.3 is 5.97 Å². The van der Waals surface area contributed by atoms with E-state index in [2.05, 4.69) is 5.32 Å². The number of rotatable bonds is 4. The molecule has 34 heavy (non-hydrogen) atoms. The number of halogens is 2. The molecular weight excluding hydrogens is 481 g/mol. The first-order chi connectivity index (χ1) is 16.1. The lowest BCUT2D eigenvalue weighted by Gasteiger charge is -2.29. The minimum Gasteiger partial charge on any atom is -0.478 e. The molecule has 1 fully saturated rings. The highest BCUT2D eigenvalue weighted by molar-refractivity contribution is 7.80. The Hall–Kier alpha value is -3.82. The third-order valence-electron chi connectivity index (χ3n) is 5.40. The Morgan fingerprint density at radius 1 is 1.15 bits per heavy atom. The van der Waals surface area contributed by atoms with Crippen molar-refractivity contribution in [2.24, 2.45) is 0 Å². The van der Waals surface area contributed by atoms with Gasteiger partial charge in [-0.25, -0.2) is 14.1 Å². The predicted molar refractivity (Wildman–Crippen MR) is 130 cm³/mol. The van der Waals surface area contributed by atoms with E-state index in [0.717, 1.165) is 10.6 Å². The average molecular weight is 498 g/mol. The Morgan fingerprint density at radius 3 is 2.53 bits per heavy atom. The number of carboxylic acid groups (broad SMARTS) is 1. The molecule has 2 aromatic carbocycles. The van der Waals surface area contributed by atoms with E-state index >= 15 is 0 Å². The molecule has 0 spiro atoms. The average Bonchev–Trinajstić information content (AvgIpc) is 3.05. The van der Waals surface area contributed by atoms with Crippen LogP contribution in [0.15, 0.2) is 54.1 Å². The van der Waals surface area contributed by atoms with Crippen molar-refractivity contribution in [1.29, 1.82) is 0 Å². The van der Waals surface area contributed by atoms with Gasteiger partial charge in [0.05, 0.1) is 16.3 Å². The second kappa shape index (κ2) is 8.85. The summed E-state index contributed by atoms with van der Waals surface area (Å²) in [6.45, 7) is 3.56. The first-order valence-electron chi connectivity index (χ1n) is 9.98. The van der Waals surface area contributed by atoms with Crippen molar-refractivity contribution in [3.8, 4) is 5.69 Å². The lowest BCUT2D eigenvalue weighted by atomic mass is 10.1. The third-order valence-corrected chi connectivity index (χ3v) is 6.02. The number of aryl methyl sites for hydroxylation is 1. The lowest BCUT2D eigenvalue weighted by molar-refractivity contribution is -0.122. The Morgan fingerprint density at radius 2 is 1.85 bits per heavy atom. The Kier molecular flexibility index (Phi) is 6.07. The van der Waals surface area contributed by atoms with Crippen molar-refractivity contribution in [2.45, 2.75) is 13.8 Å². The number of thiocarbonyl (C=S) groups is 1. The summed E-state index contributed by atoms with van der Waals surface area (Å²) in [5.74, 6) is -3.29. The van der Waals surface area contributed by atoms with Crippen LogP contribution < -0.4 is 10.2 Å². The summed E-state index contributed by atoms with van der Waals surface area (Å²) in [7, 11) is 0. The van der Waals surface area contributed by atoms with E-state index < -0.39 is 23.6 Å². The SMILES string of the molecule is Cc1cc(/C=C2\C(=O)NC(=S)N(c3ccccc3F)C2=O)c(C)n1-c1ccc(Cl)c(C(=O)O)c1. The highest BCUT2D eigenvalue weighted by Gasteiger charge is 2.36. The molecule has 0 radical (unpaired) electrons. The van der Waals surface area contributed by atoms with E-state index in [1.807, 2.05) is 0 Å². The summed E-state index contributed by atoms with van der Waals surface area (Å²) < 4.78 is 16.1. The number of hydrogen-bond acceptors (Lipinski definition) is 4. The number of aromatic carboxylic acids is 1. The first kappa shape index (κ1) is 23.3. The molecule has 4 rings (SSSR count). The second-order valence-corrected chi connectivity index (χ2v) is 8.33. The van der Waals surface area contributed by atoms with Crippen molar-refractivity contribution < 1.29 is 23.9 Å². The molecule has 7 nitrogen and oxygen atoms in total. The monoisotopic (exact) mass is 497 g/mol. The molecule has 0 atom stereocenters. The molecule has 2 N–H and O–H groups in total. The zero-order valence-corrected chi connectivity index (χ0v) is 19.5. The van der Waals surface area contributed by atoms with Crippen LogP contribution in [0, 0.1) is 19.7 Å². The van der Waals surface area contributed by atoms with E-state index in [9.17, 15) is 23.9 Å². The summed E-state index contributed by atoms with van der Waals surface area (Å²) in [5, 5.41) is 11.7. The fraction of sp³-hybridized carbons (Fsp3) is 0.0833. The van der Waals surface area contributed by atoms with Gasteiger partial charge in [-0.2, -0.15) is 0 Å².